The molecule has 31 heavy (non-hydrogen) atoms. The van der Waals surface area contributed by atoms with Gasteiger partial charge in [0, 0.05) is 30.7 Å². The molecule has 1 saturated carbocycles. The van der Waals surface area contributed by atoms with E-state index in [0.29, 0.717) is 37.0 Å². The van der Waals surface area contributed by atoms with Gasteiger partial charge in [0.25, 0.3) is 5.91 Å². The van der Waals surface area contributed by atoms with Gasteiger partial charge in [-0.05, 0) is 73.9 Å². The lowest BCUT2D eigenvalue weighted by Crippen LogP contribution is -2.29. The standard InChI is InChI=1S/C25H31FN2O3/c1-16(19-8-10-23(26)24(14-19)31-2)27-21-9-7-20(13-21)17-3-5-18(6-4-17)25(30)28-12-11-22(29)15-28/h3-6,8,10,14,16,20-22,27,29H,7,9,11-13,15H2,1-2H3/t16-,20+,21+,22?/m1/s1. The number of aliphatic hydroxyl groups is 1. The molecular formula is C25H31FN2O3. The maximum absolute atomic E-state index is 13.7. The Kier molecular flexibility index (Phi) is 6.58. The van der Waals surface area contributed by atoms with E-state index < -0.39 is 6.10 Å². The Morgan fingerprint density at radius 2 is 1.97 bits per heavy atom. The molecule has 1 unspecified atom stereocenters. The van der Waals surface area contributed by atoms with Crippen molar-refractivity contribution in [3.05, 3.63) is 65.0 Å². The molecular weight excluding hydrogens is 395 g/mol. The smallest absolute Gasteiger partial charge is 0.253 e. The molecule has 4 rings (SSSR count). The molecule has 2 N–H and O–H groups in total. The Morgan fingerprint density at radius 3 is 2.65 bits per heavy atom. The minimum absolute atomic E-state index is 0.00221. The molecule has 0 radical (unpaired) electrons. The minimum Gasteiger partial charge on any atom is -0.494 e. The van der Waals surface area contributed by atoms with Crippen LogP contribution in [0.15, 0.2) is 42.5 Å². The van der Waals surface area contributed by atoms with E-state index in [1.807, 2.05) is 12.1 Å². The summed E-state index contributed by atoms with van der Waals surface area (Å²) < 4.78 is 18.8. The van der Waals surface area contributed by atoms with Gasteiger partial charge in [0.15, 0.2) is 11.6 Å². The topological polar surface area (TPSA) is 61.8 Å². The number of carbonyl (C=O) groups excluding carboxylic acids is 1. The molecule has 4 atom stereocenters. The third-order valence-electron chi connectivity index (χ3n) is 6.67. The molecule has 6 heteroatoms. The van der Waals surface area contributed by atoms with Crippen LogP contribution in [0.25, 0.3) is 0 Å². The number of halogens is 1. The first-order valence-corrected chi connectivity index (χ1v) is 11.1. The lowest BCUT2D eigenvalue weighted by molar-refractivity contribution is 0.0765. The van der Waals surface area contributed by atoms with E-state index >= 15 is 0 Å². The molecule has 2 aromatic carbocycles. The number of carbonyl (C=O) groups is 1. The summed E-state index contributed by atoms with van der Waals surface area (Å²) in [6.45, 7) is 3.14. The Bertz CT molecular complexity index is 917. The fourth-order valence-corrected chi connectivity index (χ4v) is 4.84. The summed E-state index contributed by atoms with van der Waals surface area (Å²) in [5.74, 6) is 0.388. The van der Waals surface area contributed by atoms with Gasteiger partial charge < -0.3 is 20.1 Å². The lowest BCUT2D eigenvalue weighted by Gasteiger charge is -2.21. The van der Waals surface area contributed by atoms with Crippen molar-refractivity contribution in [1.29, 1.82) is 0 Å². The van der Waals surface area contributed by atoms with Crippen LogP contribution in [0.1, 0.15) is 66.1 Å². The fourth-order valence-electron chi connectivity index (χ4n) is 4.84. The number of hydrogen-bond acceptors (Lipinski definition) is 4. The van der Waals surface area contributed by atoms with Crippen LogP contribution in [0.5, 0.6) is 5.75 Å². The molecule has 0 aromatic heterocycles. The molecule has 1 aliphatic carbocycles. The third-order valence-corrected chi connectivity index (χ3v) is 6.67. The Balaban J connectivity index is 1.34. The van der Waals surface area contributed by atoms with E-state index in [0.717, 1.165) is 24.8 Å². The van der Waals surface area contributed by atoms with Gasteiger partial charge >= 0.3 is 0 Å². The summed E-state index contributed by atoms with van der Waals surface area (Å²) in [7, 11) is 1.48. The second-order valence-corrected chi connectivity index (χ2v) is 8.80. The number of hydrogen-bond donors (Lipinski definition) is 2. The molecule has 2 aromatic rings. The first-order valence-electron chi connectivity index (χ1n) is 11.1. The average molecular weight is 427 g/mol. The Morgan fingerprint density at radius 1 is 1.19 bits per heavy atom. The highest BCUT2D eigenvalue weighted by Crippen LogP contribution is 2.36. The number of likely N-dealkylation sites (tertiary alicyclic amines) is 1. The maximum Gasteiger partial charge on any atom is 0.253 e. The van der Waals surface area contributed by atoms with Crippen molar-refractivity contribution in [2.45, 2.75) is 56.7 Å². The SMILES string of the molecule is COc1cc([C@@H](C)N[C@H]2CC[C@H](c3ccc(C(=O)N4CCC(O)C4)cc3)C2)ccc1F. The van der Waals surface area contributed by atoms with Gasteiger partial charge in [-0.25, -0.2) is 4.39 Å². The number of rotatable bonds is 6. The number of β-amino-alcohol motifs (C(OH)–C–C–N with tert-alkyl or cyclic N) is 1. The maximum atomic E-state index is 13.7. The second kappa shape index (κ2) is 9.37. The van der Waals surface area contributed by atoms with Gasteiger partial charge in [0.1, 0.15) is 0 Å². The van der Waals surface area contributed by atoms with Crippen LogP contribution in [0.4, 0.5) is 4.39 Å². The summed E-state index contributed by atoms with van der Waals surface area (Å²) in [6.07, 6.45) is 3.48. The number of methoxy groups -OCH3 is 1. The van der Waals surface area contributed by atoms with Gasteiger partial charge in [0.2, 0.25) is 0 Å². The predicted molar refractivity (Wildman–Crippen MR) is 118 cm³/mol. The monoisotopic (exact) mass is 426 g/mol. The van der Waals surface area contributed by atoms with E-state index in [1.165, 1.54) is 18.7 Å². The number of nitrogens with zero attached hydrogens (tertiary/aromatic N) is 1. The van der Waals surface area contributed by atoms with Crippen molar-refractivity contribution in [3.8, 4) is 5.75 Å². The van der Waals surface area contributed by atoms with Gasteiger partial charge in [0.05, 0.1) is 13.2 Å². The number of ether oxygens (including phenoxy) is 1. The van der Waals surface area contributed by atoms with E-state index in [4.69, 9.17) is 4.74 Å². The van der Waals surface area contributed by atoms with Gasteiger partial charge in [-0.15, -0.1) is 0 Å². The van der Waals surface area contributed by atoms with E-state index in [1.54, 1.807) is 17.0 Å². The molecule has 2 fully saturated rings. The molecule has 0 bridgehead atoms. The van der Waals surface area contributed by atoms with Crippen LogP contribution in [-0.4, -0.2) is 48.3 Å². The van der Waals surface area contributed by atoms with Crippen LogP contribution in [0.2, 0.25) is 0 Å². The molecule has 166 valence electrons. The number of benzene rings is 2. The Hall–Kier alpha value is -2.44. The number of aliphatic hydroxyl groups excluding tert-OH is 1. The fraction of sp³-hybridized carbons (Fsp3) is 0.480. The molecule has 5 nitrogen and oxygen atoms in total. The summed E-state index contributed by atoms with van der Waals surface area (Å²) in [4.78, 5) is 14.3. The zero-order valence-electron chi connectivity index (χ0n) is 18.2. The summed E-state index contributed by atoms with van der Waals surface area (Å²) in [5.41, 5.74) is 2.96. The number of amides is 1. The Labute approximate surface area is 183 Å². The van der Waals surface area contributed by atoms with Crippen molar-refractivity contribution in [2.75, 3.05) is 20.2 Å². The van der Waals surface area contributed by atoms with Crippen LogP contribution in [0, 0.1) is 5.82 Å². The predicted octanol–water partition coefficient (Wildman–Crippen LogP) is 4.03. The quantitative estimate of drug-likeness (QED) is 0.732. The van der Waals surface area contributed by atoms with Gasteiger partial charge in [-0.1, -0.05) is 18.2 Å². The van der Waals surface area contributed by atoms with Gasteiger partial charge in [-0.2, -0.15) is 0 Å². The highest BCUT2D eigenvalue weighted by molar-refractivity contribution is 5.94. The normalized spacial score (nSPS) is 24.4. The van der Waals surface area contributed by atoms with Crippen molar-refractivity contribution in [1.82, 2.24) is 10.2 Å². The van der Waals surface area contributed by atoms with Crippen molar-refractivity contribution in [2.24, 2.45) is 0 Å². The van der Waals surface area contributed by atoms with Crippen LogP contribution >= 0.6 is 0 Å². The van der Waals surface area contributed by atoms with Gasteiger partial charge in [-0.3, -0.25) is 4.79 Å². The van der Waals surface area contributed by atoms with E-state index in [2.05, 4.69) is 24.4 Å². The van der Waals surface area contributed by atoms with Crippen LogP contribution in [0.3, 0.4) is 0 Å². The minimum atomic E-state index is -0.399. The van der Waals surface area contributed by atoms with E-state index in [-0.39, 0.29) is 23.5 Å². The molecule has 1 amide bonds. The van der Waals surface area contributed by atoms with Crippen LogP contribution < -0.4 is 10.1 Å². The molecule has 1 heterocycles. The summed E-state index contributed by atoms with van der Waals surface area (Å²) in [6, 6.07) is 13.5. The van der Waals surface area contributed by atoms with Crippen molar-refractivity contribution in [3.63, 3.8) is 0 Å². The lowest BCUT2D eigenvalue weighted by atomic mass is 9.96. The summed E-state index contributed by atoms with van der Waals surface area (Å²) in [5, 5.41) is 13.3. The first kappa shape index (κ1) is 21.8. The largest absolute Gasteiger partial charge is 0.494 e. The zero-order valence-corrected chi connectivity index (χ0v) is 18.2. The highest BCUT2D eigenvalue weighted by Gasteiger charge is 2.28. The average Bonchev–Trinajstić information content (AvgIpc) is 3.43. The molecule has 0 spiro atoms. The number of nitrogens with one attached hydrogen (secondary N) is 1. The molecule has 1 aliphatic heterocycles. The summed E-state index contributed by atoms with van der Waals surface area (Å²) >= 11 is 0. The first-order chi connectivity index (χ1) is 14.9. The van der Waals surface area contributed by atoms with Crippen LogP contribution in [-0.2, 0) is 0 Å². The van der Waals surface area contributed by atoms with E-state index in [9.17, 15) is 14.3 Å². The second-order valence-electron chi connectivity index (χ2n) is 8.80. The van der Waals surface area contributed by atoms with Crippen molar-refractivity contribution >= 4 is 5.91 Å². The van der Waals surface area contributed by atoms with Crippen molar-refractivity contribution < 1.29 is 19.0 Å². The molecule has 1 saturated heterocycles. The zero-order chi connectivity index (χ0) is 22.0. The highest BCUT2D eigenvalue weighted by atomic mass is 19.1. The third kappa shape index (κ3) is 4.91. The molecule has 2 aliphatic rings.